The van der Waals surface area contributed by atoms with Gasteiger partial charge in [0.2, 0.25) is 0 Å². The number of benzene rings is 2. The molecule has 0 spiro atoms. The predicted molar refractivity (Wildman–Crippen MR) is 132 cm³/mol. The normalized spacial score (nSPS) is 18.3. The molecule has 0 heterocycles. The third-order valence-electron chi connectivity index (χ3n) is 6.73. The molecule has 0 radical (unpaired) electrons. The van der Waals surface area contributed by atoms with Crippen LogP contribution in [0.4, 0.5) is 0 Å². The van der Waals surface area contributed by atoms with E-state index in [2.05, 4.69) is 13.8 Å². The maximum atomic E-state index is 12.4. The molecule has 2 aromatic carbocycles. The van der Waals surface area contributed by atoms with E-state index in [0.717, 1.165) is 37.0 Å². The topological polar surface area (TPSA) is 35.5 Å². The standard InChI is InChI=1S/C29H40O3/c1-3-5-8-24-14-18-28(19-15-24)32-29(30)26-16-20-27(21-17-26)31-22-6-9-25-12-10-23(7-4-2)11-13-25/h14-21,23,25H,3-13,22H2,1-2H3/t23-,25-. The first kappa shape index (κ1) is 24.4. The van der Waals surface area contributed by atoms with Gasteiger partial charge in [-0.2, -0.15) is 0 Å². The monoisotopic (exact) mass is 436 g/mol. The summed E-state index contributed by atoms with van der Waals surface area (Å²) >= 11 is 0. The first-order chi connectivity index (χ1) is 15.7. The molecule has 0 unspecified atom stereocenters. The van der Waals surface area contributed by atoms with Gasteiger partial charge in [-0.3, -0.25) is 0 Å². The highest BCUT2D eigenvalue weighted by molar-refractivity contribution is 5.91. The van der Waals surface area contributed by atoms with Crippen LogP contribution in [0.3, 0.4) is 0 Å². The van der Waals surface area contributed by atoms with Gasteiger partial charge in [0.05, 0.1) is 12.2 Å². The lowest BCUT2D eigenvalue weighted by atomic mass is 9.78. The van der Waals surface area contributed by atoms with Gasteiger partial charge in [0.25, 0.3) is 0 Å². The number of esters is 1. The Morgan fingerprint density at radius 3 is 2.03 bits per heavy atom. The summed E-state index contributed by atoms with van der Waals surface area (Å²) in [6.07, 6.45) is 14.1. The van der Waals surface area contributed by atoms with Crippen molar-refractivity contribution in [2.75, 3.05) is 6.61 Å². The molecule has 3 nitrogen and oxygen atoms in total. The van der Waals surface area contributed by atoms with Crippen molar-refractivity contribution >= 4 is 5.97 Å². The molecule has 2 aromatic rings. The molecule has 3 heteroatoms. The van der Waals surface area contributed by atoms with Crippen LogP contribution >= 0.6 is 0 Å². The molecular weight excluding hydrogens is 396 g/mol. The molecule has 32 heavy (non-hydrogen) atoms. The van der Waals surface area contributed by atoms with Crippen LogP contribution in [0, 0.1) is 11.8 Å². The van der Waals surface area contributed by atoms with Gasteiger partial charge >= 0.3 is 5.97 Å². The van der Waals surface area contributed by atoms with E-state index in [9.17, 15) is 4.79 Å². The SMILES string of the molecule is CCCCc1ccc(OC(=O)c2ccc(OCCC[C@H]3CC[C@H](CCC)CC3)cc2)cc1. The van der Waals surface area contributed by atoms with Crippen LogP contribution in [0.1, 0.15) is 94.0 Å². The minimum absolute atomic E-state index is 0.337. The zero-order chi connectivity index (χ0) is 22.6. The molecule has 0 saturated heterocycles. The smallest absolute Gasteiger partial charge is 0.343 e. The number of unbranched alkanes of at least 4 members (excludes halogenated alkanes) is 1. The number of aryl methyl sites for hydroxylation is 1. The van der Waals surface area contributed by atoms with E-state index >= 15 is 0 Å². The van der Waals surface area contributed by atoms with Gasteiger partial charge < -0.3 is 9.47 Å². The molecule has 1 saturated carbocycles. The van der Waals surface area contributed by atoms with Gasteiger partial charge in [-0.15, -0.1) is 0 Å². The van der Waals surface area contributed by atoms with Gasteiger partial charge in [0.15, 0.2) is 0 Å². The molecule has 0 amide bonds. The number of rotatable bonds is 12. The average molecular weight is 437 g/mol. The molecule has 0 aromatic heterocycles. The van der Waals surface area contributed by atoms with Crippen molar-refractivity contribution < 1.29 is 14.3 Å². The zero-order valence-corrected chi connectivity index (χ0v) is 20.0. The first-order valence-electron chi connectivity index (χ1n) is 12.7. The molecule has 0 bridgehead atoms. The van der Waals surface area contributed by atoms with Crippen molar-refractivity contribution in [3.05, 3.63) is 59.7 Å². The zero-order valence-electron chi connectivity index (χ0n) is 20.0. The third kappa shape index (κ3) is 8.00. The lowest BCUT2D eigenvalue weighted by Crippen LogP contribution is -2.15. The second-order valence-corrected chi connectivity index (χ2v) is 9.33. The molecule has 0 atom stereocenters. The Kier molecular flexibility index (Phi) is 10.1. The van der Waals surface area contributed by atoms with Crippen LogP contribution in [0.15, 0.2) is 48.5 Å². The van der Waals surface area contributed by atoms with E-state index in [1.165, 1.54) is 63.4 Å². The molecule has 3 rings (SSSR count). The van der Waals surface area contributed by atoms with Crippen molar-refractivity contribution in [3.63, 3.8) is 0 Å². The summed E-state index contributed by atoms with van der Waals surface area (Å²) in [5, 5.41) is 0. The summed E-state index contributed by atoms with van der Waals surface area (Å²) in [6, 6.07) is 15.1. The van der Waals surface area contributed by atoms with Crippen LogP contribution in [0.2, 0.25) is 0 Å². The van der Waals surface area contributed by atoms with Crippen LogP contribution in [-0.4, -0.2) is 12.6 Å². The second kappa shape index (κ2) is 13.3. The van der Waals surface area contributed by atoms with Crippen LogP contribution in [0.5, 0.6) is 11.5 Å². The van der Waals surface area contributed by atoms with Gasteiger partial charge in [-0.05, 0) is 79.5 Å². The molecule has 1 aliphatic carbocycles. The minimum atomic E-state index is -0.337. The van der Waals surface area contributed by atoms with E-state index in [0.29, 0.717) is 11.3 Å². The third-order valence-corrected chi connectivity index (χ3v) is 6.73. The van der Waals surface area contributed by atoms with Crippen molar-refractivity contribution in [1.29, 1.82) is 0 Å². The Morgan fingerprint density at radius 1 is 0.781 bits per heavy atom. The van der Waals surface area contributed by atoms with E-state index in [4.69, 9.17) is 9.47 Å². The highest BCUT2D eigenvalue weighted by atomic mass is 16.5. The summed E-state index contributed by atoms with van der Waals surface area (Å²) in [4.78, 5) is 12.4. The van der Waals surface area contributed by atoms with Gasteiger partial charge in [-0.1, -0.05) is 70.9 Å². The Labute approximate surface area is 194 Å². The number of carbonyl (C=O) groups is 1. The Hall–Kier alpha value is -2.29. The first-order valence-corrected chi connectivity index (χ1v) is 12.7. The van der Waals surface area contributed by atoms with Crippen molar-refractivity contribution in [2.24, 2.45) is 11.8 Å². The van der Waals surface area contributed by atoms with Gasteiger partial charge in [-0.25, -0.2) is 4.79 Å². The maximum Gasteiger partial charge on any atom is 0.343 e. The number of carbonyl (C=O) groups excluding carboxylic acids is 1. The van der Waals surface area contributed by atoms with Gasteiger partial charge in [0.1, 0.15) is 11.5 Å². The van der Waals surface area contributed by atoms with Crippen molar-refractivity contribution in [1.82, 2.24) is 0 Å². The van der Waals surface area contributed by atoms with E-state index in [1.807, 2.05) is 36.4 Å². The fourth-order valence-electron chi connectivity index (χ4n) is 4.74. The summed E-state index contributed by atoms with van der Waals surface area (Å²) in [5.41, 5.74) is 1.81. The number of ether oxygens (including phenoxy) is 2. The van der Waals surface area contributed by atoms with Crippen molar-refractivity contribution in [2.45, 2.75) is 84.5 Å². The molecule has 0 N–H and O–H groups in total. The highest BCUT2D eigenvalue weighted by Gasteiger charge is 2.20. The lowest BCUT2D eigenvalue weighted by Gasteiger charge is -2.28. The number of hydrogen-bond donors (Lipinski definition) is 0. The molecule has 1 fully saturated rings. The van der Waals surface area contributed by atoms with E-state index in [1.54, 1.807) is 12.1 Å². The Morgan fingerprint density at radius 2 is 1.41 bits per heavy atom. The predicted octanol–water partition coefficient (Wildman–Crippen LogP) is 8.01. The molecular formula is C29H40O3. The van der Waals surface area contributed by atoms with E-state index in [-0.39, 0.29) is 5.97 Å². The largest absolute Gasteiger partial charge is 0.494 e. The fraction of sp³-hybridized carbons (Fsp3) is 0.552. The van der Waals surface area contributed by atoms with E-state index < -0.39 is 0 Å². The van der Waals surface area contributed by atoms with Gasteiger partial charge in [0, 0.05) is 0 Å². The fourth-order valence-corrected chi connectivity index (χ4v) is 4.74. The maximum absolute atomic E-state index is 12.4. The summed E-state index contributed by atoms with van der Waals surface area (Å²) in [5.74, 6) is 2.91. The average Bonchev–Trinajstić information content (AvgIpc) is 2.83. The van der Waals surface area contributed by atoms with Crippen LogP contribution in [0.25, 0.3) is 0 Å². The summed E-state index contributed by atoms with van der Waals surface area (Å²) < 4.78 is 11.4. The van der Waals surface area contributed by atoms with Crippen LogP contribution in [-0.2, 0) is 6.42 Å². The highest BCUT2D eigenvalue weighted by Crippen LogP contribution is 2.33. The van der Waals surface area contributed by atoms with Crippen LogP contribution < -0.4 is 9.47 Å². The minimum Gasteiger partial charge on any atom is -0.494 e. The Balaban J connectivity index is 1.36. The Bertz CT molecular complexity index is 786. The quantitative estimate of drug-likeness (QED) is 0.192. The second-order valence-electron chi connectivity index (χ2n) is 9.33. The molecule has 1 aliphatic rings. The lowest BCUT2D eigenvalue weighted by molar-refractivity contribution is 0.0734. The molecule has 0 aliphatic heterocycles. The van der Waals surface area contributed by atoms with Crippen molar-refractivity contribution in [3.8, 4) is 11.5 Å². The number of hydrogen-bond acceptors (Lipinski definition) is 3. The summed E-state index contributed by atoms with van der Waals surface area (Å²) in [6.45, 7) is 5.22. The molecule has 174 valence electrons. The summed E-state index contributed by atoms with van der Waals surface area (Å²) in [7, 11) is 0.